The Labute approximate surface area is 79.2 Å². The highest BCUT2D eigenvalue weighted by molar-refractivity contribution is 6.04. The minimum absolute atomic E-state index is 0.106. The zero-order chi connectivity index (χ0) is 9.85. The zero-order valence-corrected chi connectivity index (χ0v) is 8.55. The molecule has 0 unspecified atom stereocenters. The van der Waals surface area contributed by atoms with Crippen molar-refractivity contribution < 1.29 is 4.79 Å². The average Bonchev–Trinajstić information content (AvgIpc) is 2.36. The second-order valence-corrected chi connectivity index (χ2v) is 5.10. The van der Waals surface area contributed by atoms with Crippen LogP contribution in [0.2, 0.25) is 0 Å². The summed E-state index contributed by atoms with van der Waals surface area (Å²) in [5, 5.41) is 0. The van der Waals surface area contributed by atoms with Crippen LogP contribution in [0.3, 0.4) is 0 Å². The molecule has 2 N–H and O–H groups in total. The fraction of sp³-hybridized carbons (Fsp3) is 0.727. The summed E-state index contributed by atoms with van der Waals surface area (Å²) in [4.78, 5) is 12.0. The lowest BCUT2D eigenvalue weighted by Gasteiger charge is -2.31. The summed E-state index contributed by atoms with van der Waals surface area (Å²) >= 11 is 0. The van der Waals surface area contributed by atoms with Crippen LogP contribution in [0.5, 0.6) is 0 Å². The summed E-state index contributed by atoms with van der Waals surface area (Å²) in [5.41, 5.74) is 6.34. The van der Waals surface area contributed by atoms with Crippen LogP contribution in [0.4, 0.5) is 0 Å². The number of fused-ring (bicyclic) bond motifs is 2. The van der Waals surface area contributed by atoms with Gasteiger partial charge in [0, 0.05) is 17.2 Å². The van der Waals surface area contributed by atoms with Crippen molar-refractivity contribution in [1.29, 1.82) is 0 Å². The SMILES string of the molecule is CC1(C)[C@@H]2CC[C@]1(C)C(=O)/C2=C/N. The summed E-state index contributed by atoms with van der Waals surface area (Å²) in [6, 6.07) is 0. The molecule has 0 aromatic heterocycles. The first-order valence-electron chi connectivity index (χ1n) is 4.92. The third-order valence-electron chi connectivity index (χ3n) is 4.54. The molecule has 2 heteroatoms. The maximum atomic E-state index is 12.0. The molecule has 2 bridgehead atoms. The van der Waals surface area contributed by atoms with Gasteiger partial charge in [0.05, 0.1) is 0 Å². The largest absolute Gasteiger partial charge is 0.404 e. The first-order chi connectivity index (χ1) is 5.95. The highest BCUT2D eigenvalue weighted by Crippen LogP contribution is 2.65. The molecule has 2 aliphatic rings. The van der Waals surface area contributed by atoms with E-state index in [1.165, 1.54) is 6.20 Å². The van der Waals surface area contributed by atoms with E-state index in [-0.39, 0.29) is 16.6 Å². The molecule has 2 nitrogen and oxygen atoms in total. The van der Waals surface area contributed by atoms with Gasteiger partial charge in [-0.2, -0.15) is 0 Å². The van der Waals surface area contributed by atoms with Gasteiger partial charge in [-0.15, -0.1) is 0 Å². The standard InChI is InChI=1S/C11H17NO/c1-10(2)8-4-5-11(10,3)9(13)7(8)6-12/h6,8H,4-5,12H2,1-3H3/b7-6+/t8-,11-/m1/s1. The quantitative estimate of drug-likeness (QED) is 0.577. The third-order valence-corrected chi connectivity index (χ3v) is 4.54. The van der Waals surface area contributed by atoms with Crippen LogP contribution in [0.1, 0.15) is 33.6 Å². The molecule has 0 radical (unpaired) electrons. The summed E-state index contributed by atoms with van der Waals surface area (Å²) in [6.45, 7) is 6.48. The molecule has 0 spiro atoms. The Morgan fingerprint density at radius 3 is 2.38 bits per heavy atom. The van der Waals surface area contributed by atoms with Gasteiger partial charge in [-0.1, -0.05) is 20.8 Å². The van der Waals surface area contributed by atoms with Crippen LogP contribution in [0, 0.1) is 16.7 Å². The van der Waals surface area contributed by atoms with E-state index >= 15 is 0 Å². The number of rotatable bonds is 0. The number of ketones is 1. The Morgan fingerprint density at radius 2 is 2.08 bits per heavy atom. The molecule has 0 aromatic rings. The number of Topliss-reactive ketones (excluding diaryl/α,β-unsaturated/α-hetero) is 1. The topological polar surface area (TPSA) is 43.1 Å². The van der Waals surface area contributed by atoms with Crippen LogP contribution in [0.15, 0.2) is 11.8 Å². The monoisotopic (exact) mass is 179 g/mol. The van der Waals surface area contributed by atoms with E-state index in [9.17, 15) is 4.79 Å². The second-order valence-electron chi connectivity index (χ2n) is 5.10. The van der Waals surface area contributed by atoms with E-state index < -0.39 is 0 Å². The number of allylic oxidation sites excluding steroid dienone is 1. The third kappa shape index (κ3) is 0.725. The van der Waals surface area contributed by atoms with E-state index in [2.05, 4.69) is 20.8 Å². The Balaban J connectivity index is 2.57. The highest BCUT2D eigenvalue weighted by Gasteiger charge is 2.63. The number of carbonyl (C=O) groups is 1. The maximum absolute atomic E-state index is 12.0. The maximum Gasteiger partial charge on any atom is 0.167 e. The predicted molar refractivity (Wildman–Crippen MR) is 51.9 cm³/mol. The first-order valence-corrected chi connectivity index (χ1v) is 4.92. The molecule has 2 saturated carbocycles. The Morgan fingerprint density at radius 1 is 1.46 bits per heavy atom. The van der Waals surface area contributed by atoms with Gasteiger partial charge < -0.3 is 5.73 Å². The fourth-order valence-corrected chi connectivity index (χ4v) is 3.12. The molecular formula is C11H17NO. The van der Waals surface area contributed by atoms with E-state index in [1.807, 2.05) is 0 Å². The zero-order valence-electron chi connectivity index (χ0n) is 8.55. The van der Waals surface area contributed by atoms with E-state index in [4.69, 9.17) is 5.73 Å². The Kier molecular flexibility index (Phi) is 1.47. The summed E-state index contributed by atoms with van der Waals surface area (Å²) in [6.07, 6.45) is 3.68. The van der Waals surface area contributed by atoms with E-state index in [0.29, 0.717) is 5.92 Å². The van der Waals surface area contributed by atoms with Crippen molar-refractivity contribution in [3.05, 3.63) is 11.8 Å². The van der Waals surface area contributed by atoms with Gasteiger partial charge in [0.15, 0.2) is 5.78 Å². The minimum atomic E-state index is -0.150. The molecular weight excluding hydrogens is 162 g/mol. The number of carbonyl (C=O) groups excluding carboxylic acids is 1. The van der Waals surface area contributed by atoms with E-state index in [0.717, 1.165) is 18.4 Å². The average molecular weight is 179 g/mol. The van der Waals surface area contributed by atoms with Gasteiger partial charge in [0.25, 0.3) is 0 Å². The number of hydrogen-bond donors (Lipinski definition) is 1. The number of nitrogens with two attached hydrogens (primary N) is 1. The smallest absolute Gasteiger partial charge is 0.167 e. The fourth-order valence-electron chi connectivity index (χ4n) is 3.12. The van der Waals surface area contributed by atoms with Crippen molar-refractivity contribution in [2.24, 2.45) is 22.5 Å². The molecule has 0 amide bonds. The van der Waals surface area contributed by atoms with Crippen LogP contribution >= 0.6 is 0 Å². The van der Waals surface area contributed by atoms with Gasteiger partial charge in [-0.05, 0) is 24.2 Å². The van der Waals surface area contributed by atoms with Crippen molar-refractivity contribution in [3.8, 4) is 0 Å². The van der Waals surface area contributed by atoms with Crippen molar-refractivity contribution in [2.45, 2.75) is 33.6 Å². The molecule has 0 saturated heterocycles. The Hall–Kier alpha value is -0.790. The van der Waals surface area contributed by atoms with Crippen LogP contribution < -0.4 is 5.73 Å². The summed E-state index contributed by atoms with van der Waals surface area (Å²) < 4.78 is 0. The van der Waals surface area contributed by atoms with Crippen molar-refractivity contribution in [1.82, 2.24) is 0 Å². The van der Waals surface area contributed by atoms with Crippen molar-refractivity contribution >= 4 is 5.78 Å². The molecule has 13 heavy (non-hydrogen) atoms. The summed E-state index contributed by atoms with van der Waals surface area (Å²) in [5.74, 6) is 0.686. The van der Waals surface area contributed by atoms with Gasteiger partial charge >= 0.3 is 0 Å². The highest BCUT2D eigenvalue weighted by atomic mass is 16.1. The predicted octanol–water partition coefficient (Wildman–Crippen LogP) is 1.85. The minimum Gasteiger partial charge on any atom is -0.404 e. The second kappa shape index (κ2) is 2.17. The molecule has 0 aliphatic heterocycles. The van der Waals surface area contributed by atoms with Gasteiger partial charge in [0.2, 0.25) is 0 Å². The normalized spacial score (nSPS) is 44.7. The van der Waals surface area contributed by atoms with E-state index in [1.54, 1.807) is 0 Å². The molecule has 72 valence electrons. The van der Waals surface area contributed by atoms with Crippen LogP contribution in [-0.4, -0.2) is 5.78 Å². The molecule has 2 aliphatic carbocycles. The van der Waals surface area contributed by atoms with Crippen molar-refractivity contribution in [2.75, 3.05) is 0 Å². The van der Waals surface area contributed by atoms with Crippen LogP contribution in [-0.2, 0) is 4.79 Å². The molecule has 2 fully saturated rings. The van der Waals surface area contributed by atoms with Gasteiger partial charge in [-0.3, -0.25) is 4.79 Å². The molecule has 0 heterocycles. The van der Waals surface area contributed by atoms with Crippen molar-refractivity contribution in [3.63, 3.8) is 0 Å². The molecule has 2 atom stereocenters. The Bertz CT molecular complexity index is 303. The lowest BCUT2D eigenvalue weighted by Crippen LogP contribution is -2.32. The molecule has 0 aromatic carbocycles. The van der Waals surface area contributed by atoms with Crippen LogP contribution in [0.25, 0.3) is 0 Å². The van der Waals surface area contributed by atoms with Gasteiger partial charge in [-0.25, -0.2) is 0 Å². The summed E-state index contributed by atoms with van der Waals surface area (Å²) in [7, 11) is 0. The lowest BCUT2D eigenvalue weighted by molar-refractivity contribution is -0.125. The number of hydrogen-bond acceptors (Lipinski definition) is 2. The molecule has 2 rings (SSSR count). The first kappa shape index (κ1) is 8.79. The van der Waals surface area contributed by atoms with Gasteiger partial charge in [0.1, 0.15) is 0 Å². The lowest BCUT2D eigenvalue weighted by atomic mass is 9.70.